The molecule has 1 rings (SSSR count). The number of esters is 1. The zero-order chi connectivity index (χ0) is 10.6. The van der Waals surface area contributed by atoms with Crippen LogP contribution in [-0.4, -0.2) is 11.1 Å². The van der Waals surface area contributed by atoms with E-state index in [-0.39, 0.29) is 12.4 Å². The number of rotatable bonds is 4. The molecule has 0 saturated carbocycles. The zero-order valence-corrected chi connectivity index (χ0v) is 7.53. The Kier molecular flexibility index (Phi) is 3.25. The summed E-state index contributed by atoms with van der Waals surface area (Å²) in [4.78, 5) is 10.8. The van der Waals surface area contributed by atoms with Crippen molar-refractivity contribution >= 4 is 11.7 Å². The van der Waals surface area contributed by atoms with E-state index in [4.69, 9.17) is 14.3 Å². The summed E-state index contributed by atoms with van der Waals surface area (Å²) >= 11 is 0. The van der Waals surface area contributed by atoms with Crippen LogP contribution < -0.4 is 0 Å². The highest BCUT2D eigenvalue weighted by molar-refractivity contribution is 5.85. The van der Waals surface area contributed by atoms with Crippen LogP contribution in [0, 0.1) is 0 Å². The summed E-state index contributed by atoms with van der Waals surface area (Å²) in [5, 5.41) is 8.71. The molecule has 0 fully saturated rings. The van der Waals surface area contributed by atoms with E-state index in [9.17, 15) is 4.79 Å². The van der Waals surface area contributed by atoms with Gasteiger partial charge in [-0.1, -0.05) is 13.2 Å². The number of hydrogen-bond acceptors (Lipinski definition) is 4. The molecule has 0 aromatic carbocycles. The second-order valence-electron chi connectivity index (χ2n) is 2.47. The lowest BCUT2D eigenvalue weighted by Gasteiger charge is -2.00. The summed E-state index contributed by atoms with van der Waals surface area (Å²) in [7, 11) is 0. The van der Waals surface area contributed by atoms with E-state index in [1.807, 2.05) is 0 Å². The summed E-state index contributed by atoms with van der Waals surface area (Å²) in [6.07, 6.45) is 1.03. The van der Waals surface area contributed by atoms with Crippen molar-refractivity contribution in [1.29, 1.82) is 0 Å². The molecule has 0 radical (unpaired) electrons. The summed E-state index contributed by atoms with van der Waals surface area (Å²) < 4.78 is 9.80. The topological polar surface area (TPSA) is 59.7 Å². The van der Waals surface area contributed by atoms with Gasteiger partial charge >= 0.3 is 5.97 Å². The molecule has 1 N–H and O–H groups in total. The zero-order valence-electron chi connectivity index (χ0n) is 7.53. The molecule has 74 valence electrons. The van der Waals surface area contributed by atoms with Gasteiger partial charge < -0.3 is 14.3 Å². The molecular formula is C10H10O4. The fraction of sp³-hybridized carbons (Fsp3) is 0.100. The van der Waals surface area contributed by atoms with Crippen LogP contribution in [0.5, 0.6) is 0 Å². The first-order valence-electron chi connectivity index (χ1n) is 3.90. The number of aliphatic hydroxyl groups excluding tert-OH is 1. The predicted octanol–water partition coefficient (Wildman–Crippen LogP) is 1.47. The highest BCUT2D eigenvalue weighted by atomic mass is 16.5. The number of ether oxygens (including phenoxy) is 1. The van der Waals surface area contributed by atoms with Crippen molar-refractivity contribution in [2.45, 2.75) is 6.61 Å². The first-order chi connectivity index (χ1) is 6.67. The molecule has 0 aliphatic carbocycles. The van der Waals surface area contributed by atoms with Gasteiger partial charge in [0.15, 0.2) is 11.5 Å². The van der Waals surface area contributed by atoms with Crippen molar-refractivity contribution in [3.05, 3.63) is 42.9 Å². The number of carbonyl (C=O) groups excluding carboxylic acids is 1. The largest absolute Gasteiger partial charge is 0.455 e. The van der Waals surface area contributed by atoms with Crippen molar-refractivity contribution in [3.8, 4) is 0 Å². The van der Waals surface area contributed by atoms with Gasteiger partial charge in [-0.25, -0.2) is 4.79 Å². The van der Waals surface area contributed by atoms with Crippen LogP contribution in [0.15, 0.2) is 35.8 Å². The third-order valence-corrected chi connectivity index (χ3v) is 1.48. The fourth-order valence-electron chi connectivity index (χ4n) is 0.826. The maximum atomic E-state index is 10.8. The summed E-state index contributed by atoms with van der Waals surface area (Å²) in [6, 6.07) is 3.13. The maximum absolute atomic E-state index is 10.8. The number of hydrogen-bond donors (Lipinski definition) is 1. The third-order valence-electron chi connectivity index (χ3n) is 1.48. The van der Waals surface area contributed by atoms with Crippen molar-refractivity contribution < 1.29 is 19.1 Å². The van der Waals surface area contributed by atoms with Gasteiger partial charge in [0.25, 0.3) is 0 Å². The number of furan rings is 1. The molecule has 0 amide bonds. The molecule has 0 bridgehead atoms. The standard InChI is InChI=1S/C10H10O4/c1-3-10(12)13-7(2)9-5-4-8(6-11)14-9/h3-5,11H,1-2,6H2. The van der Waals surface area contributed by atoms with Gasteiger partial charge in [0.2, 0.25) is 0 Å². The maximum Gasteiger partial charge on any atom is 0.335 e. The van der Waals surface area contributed by atoms with E-state index in [0.717, 1.165) is 6.08 Å². The lowest BCUT2D eigenvalue weighted by Crippen LogP contribution is -1.97. The van der Waals surface area contributed by atoms with Gasteiger partial charge in [-0.15, -0.1) is 0 Å². The molecule has 0 spiro atoms. The molecule has 0 aliphatic rings. The van der Waals surface area contributed by atoms with Crippen LogP contribution in [-0.2, 0) is 16.1 Å². The lowest BCUT2D eigenvalue weighted by molar-refractivity contribution is -0.131. The van der Waals surface area contributed by atoms with Crippen LogP contribution >= 0.6 is 0 Å². The molecule has 0 saturated heterocycles. The Labute approximate surface area is 81.1 Å². The van der Waals surface area contributed by atoms with Gasteiger partial charge in [0.1, 0.15) is 12.4 Å². The molecule has 0 atom stereocenters. The minimum atomic E-state index is -0.600. The number of carbonyl (C=O) groups is 1. The lowest BCUT2D eigenvalue weighted by atomic mass is 10.4. The van der Waals surface area contributed by atoms with Gasteiger partial charge in [-0.2, -0.15) is 0 Å². The molecule has 4 nitrogen and oxygen atoms in total. The van der Waals surface area contributed by atoms with Gasteiger partial charge in [-0.3, -0.25) is 0 Å². The number of aliphatic hydroxyl groups is 1. The summed E-state index contributed by atoms with van der Waals surface area (Å²) in [5.41, 5.74) is 0. The highest BCUT2D eigenvalue weighted by Gasteiger charge is 2.08. The normalized spacial score (nSPS) is 9.50. The molecule has 0 aliphatic heterocycles. The van der Waals surface area contributed by atoms with E-state index in [1.165, 1.54) is 0 Å². The van der Waals surface area contributed by atoms with E-state index in [2.05, 4.69) is 13.2 Å². The predicted molar refractivity (Wildman–Crippen MR) is 50.0 cm³/mol. The quantitative estimate of drug-likeness (QED) is 0.448. The van der Waals surface area contributed by atoms with E-state index >= 15 is 0 Å². The molecule has 1 heterocycles. The Morgan fingerprint density at radius 2 is 2.36 bits per heavy atom. The van der Waals surface area contributed by atoms with E-state index in [0.29, 0.717) is 11.5 Å². The first-order valence-corrected chi connectivity index (χ1v) is 3.90. The Balaban J connectivity index is 2.69. The Bertz CT molecular complexity index is 362. The van der Waals surface area contributed by atoms with Gasteiger partial charge in [-0.05, 0) is 12.1 Å². The third kappa shape index (κ3) is 2.34. The molecular weight excluding hydrogens is 184 g/mol. The SMILES string of the molecule is C=CC(=O)OC(=C)c1ccc(CO)o1. The second-order valence-corrected chi connectivity index (χ2v) is 2.47. The monoisotopic (exact) mass is 194 g/mol. The smallest absolute Gasteiger partial charge is 0.335 e. The van der Waals surface area contributed by atoms with Crippen LogP contribution in [0.3, 0.4) is 0 Å². The van der Waals surface area contributed by atoms with Crippen molar-refractivity contribution in [3.63, 3.8) is 0 Å². The van der Waals surface area contributed by atoms with Gasteiger partial charge in [0, 0.05) is 6.08 Å². The molecule has 1 aromatic heterocycles. The average molecular weight is 194 g/mol. The Hall–Kier alpha value is -1.81. The molecule has 1 aromatic rings. The highest BCUT2D eigenvalue weighted by Crippen LogP contribution is 2.17. The van der Waals surface area contributed by atoms with Gasteiger partial charge in [0.05, 0.1) is 0 Å². The molecule has 4 heteroatoms. The molecule has 14 heavy (non-hydrogen) atoms. The summed E-state index contributed by atoms with van der Waals surface area (Å²) in [5.74, 6) is 0.187. The van der Waals surface area contributed by atoms with E-state index in [1.54, 1.807) is 12.1 Å². The summed E-state index contributed by atoms with van der Waals surface area (Å²) in [6.45, 7) is 6.53. The minimum absolute atomic E-state index is 0.0922. The first kappa shape index (κ1) is 10.3. The minimum Gasteiger partial charge on any atom is -0.455 e. The van der Waals surface area contributed by atoms with Crippen LogP contribution in [0.25, 0.3) is 5.76 Å². The fourth-order valence-corrected chi connectivity index (χ4v) is 0.826. The Morgan fingerprint density at radius 3 is 2.86 bits per heavy atom. The second kappa shape index (κ2) is 4.43. The van der Waals surface area contributed by atoms with Crippen LogP contribution in [0.2, 0.25) is 0 Å². The van der Waals surface area contributed by atoms with Crippen molar-refractivity contribution in [2.24, 2.45) is 0 Å². The van der Waals surface area contributed by atoms with E-state index < -0.39 is 5.97 Å². The van der Waals surface area contributed by atoms with Crippen LogP contribution in [0.1, 0.15) is 11.5 Å². The average Bonchev–Trinajstić information content (AvgIpc) is 2.65. The molecule has 0 unspecified atom stereocenters. The van der Waals surface area contributed by atoms with Crippen molar-refractivity contribution in [1.82, 2.24) is 0 Å². The Morgan fingerprint density at radius 1 is 1.64 bits per heavy atom. The van der Waals surface area contributed by atoms with Crippen molar-refractivity contribution in [2.75, 3.05) is 0 Å². The van der Waals surface area contributed by atoms with Crippen LogP contribution in [0.4, 0.5) is 0 Å².